The third kappa shape index (κ3) is 2.15. The van der Waals surface area contributed by atoms with Gasteiger partial charge >= 0.3 is 0 Å². The number of pyridine rings is 1. The molecule has 2 amide bonds. The highest BCUT2D eigenvalue weighted by Gasteiger charge is 2.35. The number of ether oxygens (including phenoxy) is 1. The molecule has 3 rings (SSSR count). The van der Waals surface area contributed by atoms with E-state index in [1.54, 1.807) is 30.3 Å². The van der Waals surface area contributed by atoms with E-state index in [0.717, 1.165) is 4.90 Å². The number of hydrogen-bond donors (Lipinski definition) is 0. The lowest BCUT2D eigenvalue weighted by atomic mass is 10.1. The van der Waals surface area contributed by atoms with E-state index in [1.165, 1.54) is 13.3 Å². The summed E-state index contributed by atoms with van der Waals surface area (Å²) in [7, 11) is 1.47. The van der Waals surface area contributed by atoms with Gasteiger partial charge < -0.3 is 4.74 Å². The zero-order valence-corrected chi connectivity index (χ0v) is 11.9. The number of amides is 2. The Bertz CT molecular complexity index is 710. The molecule has 2 heterocycles. The molecule has 21 heavy (non-hydrogen) atoms. The van der Waals surface area contributed by atoms with Gasteiger partial charge in [0.1, 0.15) is 5.69 Å². The minimum Gasteiger partial charge on any atom is -0.493 e. The molecule has 1 aromatic carbocycles. The van der Waals surface area contributed by atoms with E-state index in [9.17, 15) is 9.59 Å². The second-order valence-corrected chi connectivity index (χ2v) is 4.92. The van der Waals surface area contributed by atoms with Crippen molar-refractivity contribution in [1.82, 2.24) is 9.88 Å². The van der Waals surface area contributed by atoms with E-state index in [4.69, 9.17) is 16.3 Å². The van der Waals surface area contributed by atoms with Crippen molar-refractivity contribution in [3.05, 3.63) is 58.4 Å². The van der Waals surface area contributed by atoms with Crippen molar-refractivity contribution in [2.24, 2.45) is 0 Å². The number of carbonyl (C=O) groups excluding carboxylic acids is 2. The van der Waals surface area contributed by atoms with Crippen LogP contribution in [-0.4, -0.2) is 28.8 Å². The predicted molar refractivity (Wildman–Crippen MR) is 76.4 cm³/mol. The van der Waals surface area contributed by atoms with Crippen LogP contribution in [0, 0.1) is 0 Å². The van der Waals surface area contributed by atoms with Crippen LogP contribution in [-0.2, 0) is 6.54 Å². The van der Waals surface area contributed by atoms with E-state index >= 15 is 0 Å². The number of aromatic nitrogens is 1. The molecule has 0 unspecified atom stereocenters. The van der Waals surface area contributed by atoms with Crippen LogP contribution in [0.2, 0.25) is 5.02 Å². The first kappa shape index (κ1) is 13.6. The molecular formula is C15H11ClN2O3. The molecule has 5 nitrogen and oxygen atoms in total. The lowest BCUT2D eigenvalue weighted by molar-refractivity contribution is 0.0639. The quantitative estimate of drug-likeness (QED) is 0.818. The lowest BCUT2D eigenvalue weighted by Gasteiger charge is -2.15. The predicted octanol–water partition coefficient (Wildman–Crippen LogP) is 2.54. The maximum absolute atomic E-state index is 12.3. The molecule has 1 aliphatic rings. The van der Waals surface area contributed by atoms with Crippen molar-refractivity contribution in [3.63, 3.8) is 0 Å². The van der Waals surface area contributed by atoms with E-state index in [-0.39, 0.29) is 18.4 Å². The fraction of sp³-hybridized carbons (Fsp3) is 0.133. The minimum atomic E-state index is -0.334. The molecule has 6 heteroatoms. The second kappa shape index (κ2) is 5.18. The first-order valence-electron chi connectivity index (χ1n) is 6.26. The van der Waals surface area contributed by atoms with Crippen molar-refractivity contribution in [2.45, 2.75) is 6.54 Å². The Morgan fingerprint density at radius 3 is 2.33 bits per heavy atom. The number of hydrogen-bond acceptors (Lipinski definition) is 4. The van der Waals surface area contributed by atoms with Crippen LogP contribution in [0.4, 0.5) is 0 Å². The van der Waals surface area contributed by atoms with E-state index in [1.807, 2.05) is 0 Å². The first-order chi connectivity index (χ1) is 10.1. The Kier molecular flexibility index (Phi) is 3.35. The Balaban J connectivity index is 1.96. The highest BCUT2D eigenvalue weighted by atomic mass is 35.5. The lowest BCUT2D eigenvalue weighted by Crippen LogP contribution is -2.29. The zero-order valence-electron chi connectivity index (χ0n) is 11.2. The number of halogens is 1. The Morgan fingerprint density at radius 1 is 1.14 bits per heavy atom. The molecule has 0 N–H and O–H groups in total. The van der Waals surface area contributed by atoms with Gasteiger partial charge in [0.15, 0.2) is 5.75 Å². The van der Waals surface area contributed by atoms with Gasteiger partial charge in [0.2, 0.25) is 0 Å². The summed E-state index contributed by atoms with van der Waals surface area (Å²) in [6.45, 7) is 0.0239. The molecule has 0 saturated carbocycles. The van der Waals surface area contributed by atoms with Crippen molar-refractivity contribution >= 4 is 23.4 Å². The molecule has 1 aromatic heterocycles. The van der Waals surface area contributed by atoms with Crippen LogP contribution in [0.5, 0.6) is 5.75 Å². The number of benzene rings is 1. The van der Waals surface area contributed by atoms with E-state index in [2.05, 4.69) is 4.98 Å². The second-order valence-electron chi connectivity index (χ2n) is 4.51. The number of methoxy groups -OCH3 is 1. The summed E-state index contributed by atoms with van der Waals surface area (Å²) in [5, 5.41) is 0.388. The third-order valence-electron chi connectivity index (χ3n) is 3.32. The highest BCUT2D eigenvalue weighted by Crippen LogP contribution is 2.30. The molecule has 2 aromatic rings. The number of carbonyl (C=O) groups is 2. The van der Waals surface area contributed by atoms with Crippen LogP contribution in [0.25, 0.3) is 0 Å². The van der Waals surface area contributed by atoms with Gasteiger partial charge in [-0.15, -0.1) is 0 Å². The van der Waals surface area contributed by atoms with Crippen molar-refractivity contribution in [2.75, 3.05) is 7.11 Å². The highest BCUT2D eigenvalue weighted by molar-refractivity contribution is 6.32. The van der Waals surface area contributed by atoms with Gasteiger partial charge in [-0.1, -0.05) is 23.7 Å². The molecule has 106 valence electrons. The largest absolute Gasteiger partial charge is 0.493 e. The maximum atomic E-state index is 12.3. The fourth-order valence-electron chi connectivity index (χ4n) is 2.33. The Labute approximate surface area is 126 Å². The van der Waals surface area contributed by atoms with Gasteiger partial charge in [-0.05, 0) is 18.2 Å². The van der Waals surface area contributed by atoms with Gasteiger partial charge in [-0.2, -0.15) is 0 Å². The van der Waals surface area contributed by atoms with Crippen LogP contribution < -0.4 is 4.74 Å². The fourth-order valence-corrected chi connectivity index (χ4v) is 2.57. The van der Waals surface area contributed by atoms with Crippen molar-refractivity contribution < 1.29 is 14.3 Å². The van der Waals surface area contributed by atoms with Crippen LogP contribution in [0.15, 0.2) is 36.5 Å². The SMILES string of the molecule is COc1c(Cl)ccnc1CN1C(=O)c2ccccc2C1=O. The summed E-state index contributed by atoms with van der Waals surface area (Å²) >= 11 is 6.02. The smallest absolute Gasteiger partial charge is 0.261 e. The molecule has 0 saturated heterocycles. The minimum absolute atomic E-state index is 0.0239. The number of imide groups is 1. The standard InChI is InChI=1S/C15H11ClN2O3/c1-21-13-11(16)6-7-17-12(13)8-18-14(19)9-4-2-3-5-10(9)15(18)20/h2-7H,8H2,1H3. The average Bonchev–Trinajstić information content (AvgIpc) is 2.73. The summed E-state index contributed by atoms with van der Waals surface area (Å²) in [6.07, 6.45) is 1.51. The van der Waals surface area contributed by atoms with Crippen LogP contribution in [0.3, 0.4) is 0 Å². The monoisotopic (exact) mass is 302 g/mol. The van der Waals surface area contributed by atoms with Gasteiger partial charge in [-0.25, -0.2) is 0 Å². The molecule has 0 spiro atoms. The van der Waals surface area contributed by atoms with Gasteiger partial charge in [0.05, 0.1) is 29.8 Å². The first-order valence-corrected chi connectivity index (χ1v) is 6.64. The molecule has 1 aliphatic heterocycles. The summed E-state index contributed by atoms with van der Waals surface area (Å²) in [4.78, 5) is 29.9. The number of nitrogens with zero attached hydrogens (tertiary/aromatic N) is 2. The summed E-state index contributed by atoms with van der Waals surface area (Å²) in [5.41, 5.74) is 1.26. The average molecular weight is 303 g/mol. The topological polar surface area (TPSA) is 59.5 Å². The Hall–Kier alpha value is -2.40. The normalized spacial score (nSPS) is 13.5. The number of fused-ring (bicyclic) bond motifs is 1. The van der Waals surface area contributed by atoms with Gasteiger partial charge in [0.25, 0.3) is 11.8 Å². The summed E-state index contributed by atoms with van der Waals surface area (Å²) in [5.74, 6) is -0.297. The van der Waals surface area contributed by atoms with E-state index < -0.39 is 0 Å². The van der Waals surface area contributed by atoms with Crippen molar-refractivity contribution in [3.8, 4) is 5.75 Å². The molecule has 0 fully saturated rings. The summed E-state index contributed by atoms with van der Waals surface area (Å²) < 4.78 is 5.19. The molecule has 0 bridgehead atoms. The van der Waals surface area contributed by atoms with Gasteiger partial charge in [-0.3, -0.25) is 19.5 Å². The number of rotatable bonds is 3. The van der Waals surface area contributed by atoms with Gasteiger partial charge in [0, 0.05) is 6.20 Å². The molecular weight excluding hydrogens is 292 g/mol. The third-order valence-corrected chi connectivity index (χ3v) is 3.62. The molecule has 0 radical (unpaired) electrons. The zero-order chi connectivity index (χ0) is 15.0. The van der Waals surface area contributed by atoms with Crippen LogP contribution in [0.1, 0.15) is 26.4 Å². The maximum Gasteiger partial charge on any atom is 0.261 e. The molecule has 0 atom stereocenters. The Morgan fingerprint density at radius 2 is 1.76 bits per heavy atom. The van der Waals surface area contributed by atoms with Crippen LogP contribution >= 0.6 is 11.6 Å². The van der Waals surface area contributed by atoms with Crippen molar-refractivity contribution in [1.29, 1.82) is 0 Å². The molecule has 0 aliphatic carbocycles. The summed E-state index contributed by atoms with van der Waals surface area (Å²) in [6, 6.07) is 8.32. The van der Waals surface area contributed by atoms with E-state index in [0.29, 0.717) is 27.6 Å².